The van der Waals surface area contributed by atoms with Crippen molar-refractivity contribution in [2.45, 2.75) is 45.7 Å². The van der Waals surface area contributed by atoms with Crippen molar-refractivity contribution in [2.24, 2.45) is 0 Å². The third-order valence-electron chi connectivity index (χ3n) is 3.53. The van der Waals surface area contributed by atoms with Crippen LogP contribution in [0.1, 0.15) is 33.6 Å². The van der Waals surface area contributed by atoms with Gasteiger partial charge in [0.1, 0.15) is 11.8 Å². The van der Waals surface area contributed by atoms with Crippen LogP contribution in [-0.2, 0) is 14.8 Å². The lowest BCUT2D eigenvalue weighted by molar-refractivity contribution is -0.122. The maximum atomic E-state index is 12.4. The highest BCUT2D eigenvalue weighted by molar-refractivity contribution is 7.92. The van der Waals surface area contributed by atoms with Gasteiger partial charge < -0.3 is 10.1 Å². The number of benzene rings is 1. The molecular formula is C16H26N2O4S. The van der Waals surface area contributed by atoms with E-state index in [2.05, 4.69) is 5.32 Å². The molecular weight excluding hydrogens is 316 g/mol. The molecule has 0 fully saturated rings. The Morgan fingerprint density at radius 2 is 1.83 bits per heavy atom. The van der Waals surface area contributed by atoms with E-state index in [1.54, 1.807) is 31.2 Å². The molecule has 1 N–H and O–H groups in total. The molecule has 0 bridgehead atoms. The minimum absolute atomic E-state index is 0.00669. The van der Waals surface area contributed by atoms with E-state index >= 15 is 0 Å². The maximum absolute atomic E-state index is 12.4. The van der Waals surface area contributed by atoms with Crippen molar-refractivity contribution in [3.63, 3.8) is 0 Å². The minimum Gasteiger partial charge on any atom is -0.497 e. The van der Waals surface area contributed by atoms with Crippen LogP contribution in [0.4, 0.5) is 5.69 Å². The van der Waals surface area contributed by atoms with Crippen LogP contribution in [0.15, 0.2) is 24.3 Å². The fourth-order valence-electron chi connectivity index (χ4n) is 2.41. The molecule has 0 heterocycles. The van der Waals surface area contributed by atoms with E-state index < -0.39 is 16.1 Å². The van der Waals surface area contributed by atoms with Gasteiger partial charge >= 0.3 is 0 Å². The Kier molecular flexibility index (Phi) is 6.87. The summed E-state index contributed by atoms with van der Waals surface area (Å²) < 4.78 is 30.5. The van der Waals surface area contributed by atoms with E-state index in [-0.39, 0.29) is 11.9 Å². The second-order valence-electron chi connectivity index (χ2n) is 5.63. The Bertz CT molecular complexity index is 613. The summed E-state index contributed by atoms with van der Waals surface area (Å²) in [7, 11) is -2.06. The van der Waals surface area contributed by atoms with Crippen LogP contribution >= 0.6 is 0 Å². The highest BCUT2D eigenvalue weighted by Gasteiger charge is 2.29. The standard InChI is InChI=1S/C16H26N2O4S/c1-6-7-12(2)17-16(19)13(3)18(23(5,20)21)14-8-10-15(22-4)11-9-14/h8-13H,6-7H2,1-5H3,(H,17,19)/t12-,13+/m1/s1. The van der Waals surface area contributed by atoms with Gasteiger partial charge in [0.25, 0.3) is 0 Å². The quantitative estimate of drug-likeness (QED) is 0.785. The van der Waals surface area contributed by atoms with E-state index in [1.807, 2.05) is 13.8 Å². The number of rotatable bonds is 8. The first-order valence-corrected chi connectivity index (χ1v) is 9.49. The number of nitrogens with one attached hydrogen (secondary N) is 1. The van der Waals surface area contributed by atoms with Crippen molar-refractivity contribution in [2.75, 3.05) is 17.7 Å². The summed E-state index contributed by atoms with van der Waals surface area (Å²) in [4.78, 5) is 12.4. The number of anilines is 1. The molecule has 0 unspecified atom stereocenters. The minimum atomic E-state index is -3.60. The van der Waals surface area contributed by atoms with Gasteiger partial charge in [0.05, 0.1) is 19.1 Å². The van der Waals surface area contributed by atoms with Crippen LogP contribution in [0.3, 0.4) is 0 Å². The summed E-state index contributed by atoms with van der Waals surface area (Å²) in [5.41, 5.74) is 0.430. The largest absolute Gasteiger partial charge is 0.497 e. The number of sulfonamides is 1. The highest BCUT2D eigenvalue weighted by Crippen LogP contribution is 2.23. The van der Waals surface area contributed by atoms with Gasteiger partial charge in [-0.3, -0.25) is 9.10 Å². The molecule has 1 aromatic carbocycles. The summed E-state index contributed by atoms with van der Waals surface area (Å²) >= 11 is 0. The topological polar surface area (TPSA) is 75.7 Å². The molecule has 1 aromatic rings. The second kappa shape index (κ2) is 8.19. The van der Waals surface area contributed by atoms with Crippen LogP contribution in [0, 0.1) is 0 Å². The number of methoxy groups -OCH3 is 1. The van der Waals surface area contributed by atoms with E-state index in [9.17, 15) is 13.2 Å². The van der Waals surface area contributed by atoms with Crippen LogP contribution in [-0.4, -0.2) is 39.8 Å². The first kappa shape index (κ1) is 19.3. The second-order valence-corrected chi connectivity index (χ2v) is 7.49. The molecule has 0 aliphatic carbocycles. The van der Waals surface area contributed by atoms with Crippen LogP contribution < -0.4 is 14.4 Å². The zero-order valence-corrected chi connectivity index (χ0v) is 15.2. The molecule has 0 saturated carbocycles. The van der Waals surface area contributed by atoms with Gasteiger partial charge in [0, 0.05) is 6.04 Å². The monoisotopic (exact) mass is 342 g/mol. The molecule has 0 aliphatic rings. The smallest absolute Gasteiger partial charge is 0.243 e. The number of nitrogens with zero attached hydrogens (tertiary/aromatic N) is 1. The number of hydrogen-bond donors (Lipinski definition) is 1. The number of ether oxygens (including phenoxy) is 1. The molecule has 130 valence electrons. The molecule has 2 atom stereocenters. The van der Waals surface area contributed by atoms with Crippen molar-refractivity contribution in [3.8, 4) is 5.75 Å². The molecule has 0 aromatic heterocycles. The molecule has 1 rings (SSSR count). The molecule has 0 aliphatic heterocycles. The summed E-state index contributed by atoms with van der Waals surface area (Å²) in [5, 5.41) is 2.86. The zero-order chi connectivity index (χ0) is 17.6. The van der Waals surface area contributed by atoms with Gasteiger partial charge in [0.2, 0.25) is 15.9 Å². The molecule has 1 amide bonds. The average Bonchev–Trinajstić information content (AvgIpc) is 2.46. The molecule has 6 nitrogen and oxygen atoms in total. The van der Waals surface area contributed by atoms with Crippen molar-refractivity contribution in [1.82, 2.24) is 5.32 Å². The lowest BCUT2D eigenvalue weighted by Crippen LogP contribution is -2.49. The normalized spacial score (nSPS) is 14.0. The van der Waals surface area contributed by atoms with Crippen molar-refractivity contribution in [1.29, 1.82) is 0 Å². The number of hydrogen-bond acceptors (Lipinski definition) is 4. The van der Waals surface area contributed by atoms with Crippen LogP contribution in [0.5, 0.6) is 5.75 Å². The Labute approximate surface area is 138 Å². The predicted molar refractivity (Wildman–Crippen MR) is 92.3 cm³/mol. The summed E-state index contributed by atoms with van der Waals surface area (Å²) in [5.74, 6) is 0.308. The lowest BCUT2D eigenvalue weighted by Gasteiger charge is -2.29. The van der Waals surface area contributed by atoms with Crippen LogP contribution in [0.25, 0.3) is 0 Å². The summed E-state index contributed by atoms with van der Waals surface area (Å²) in [6, 6.07) is 5.75. The Hall–Kier alpha value is -1.76. The Balaban J connectivity index is 3.04. The summed E-state index contributed by atoms with van der Waals surface area (Å²) in [6.45, 7) is 5.53. The highest BCUT2D eigenvalue weighted by atomic mass is 32.2. The predicted octanol–water partition coefficient (Wildman–Crippen LogP) is 2.15. The third-order valence-corrected chi connectivity index (χ3v) is 4.77. The number of amides is 1. The lowest BCUT2D eigenvalue weighted by atomic mass is 10.2. The van der Waals surface area contributed by atoms with Gasteiger partial charge in [0.15, 0.2) is 0 Å². The number of carbonyl (C=O) groups is 1. The Morgan fingerprint density at radius 3 is 2.26 bits per heavy atom. The molecule has 0 spiro atoms. The zero-order valence-electron chi connectivity index (χ0n) is 14.4. The fraction of sp³-hybridized carbons (Fsp3) is 0.562. The van der Waals surface area contributed by atoms with Crippen molar-refractivity contribution < 1.29 is 17.9 Å². The van der Waals surface area contributed by atoms with Crippen LogP contribution in [0.2, 0.25) is 0 Å². The van der Waals surface area contributed by atoms with Crippen molar-refractivity contribution >= 4 is 21.6 Å². The Morgan fingerprint density at radius 1 is 1.26 bits per heavy atom. The van der Waals surface area contributed by atoms with E-state index in [0.29, 0.717) is 11.4 Å². The van der Waals surface area contributed by atoms with Gasteiger partial charge in [-0.1, -0.05) is 13.3 Å². The van der Waals surface area contributed by atoms with Gasteiger partial charge in [-0.15, -0.1) is 0 Å². The molecule has 23 heavy (non-hydrogen) atoms. The van der Waals surface area contributed by atoms with Crippen molar-refractivity contribution in [3.05, 3.63) is 24.3 Å². The van der Waals surface area contributed by atoms with Gasteiger partial charge in [-0.25, -0.2) is 8.42 Å². The molecule has 7 heteroatoms. The van der Waals surface area contributed by atoms with E-state index in [0.717, 1.165) is 23.4 Å². The third kappa shape index (κ3) is 5.42. The fourth-order valence-corrected chi connectivity index (χ4v) is 3.58. The summed E-state index contributed by atoms with van der Waals surface area (Å²) in [6.07, 6.45) is 2.89. The maximum Gasteiger partial charge on any atom is 0.243 e. The number of carbonyl (C=O) groups excluding carboxylic acids is 1. The first-order chi connectivity index (χ1) is 10.7. The van der Waals surface area contributed by atoms with E-state index in [1.165, 1.54) is 7.11 Å². The first-order valence-electron chi connectivity index (χ1n) is 7.64. The van der Waals surface area contributed by atoms with E-state index in [4.69, 9.17) is 4.74 Å². The van der Waals surface area contributed by atoms with Gasteiger partial charge in [-0.2, -0.15) is 0 Å². The molecule has 0 radical (unpaired) electrons. The molecule has 0 saturated heterocycles. The van der Waals surface area contributed by atoms with Gasteiger partial charge in [-0.05, 0) is 44.5 Å². The SMILES string of the molecule is CCC[C@@H](C)NC(=O)[C@H](C)N(c1ccc(OC)cc1)S(C)(=O)=O. The average molecular weight is 342 g/mol.